The zero-order valence-corrected chi connectivity index (χ0v) is 31.1. The molecule has 0 saturated carbocycles. The average molecular weight is 688 g/mol. The summed E-state index contributed by atoms with van der Waals surface area (Å²) in [5, 5.41) is 80.5. The number of carbonyl (C=O) groups is 2. The molecular weight excluding hydrogens is 640 g/mol. The van der Waals surface area contributed by atoms with E-state index in [1.165, 1.54) is 36.4 Å². The van der Waals surface area contributed by atoms with Crippen LogP contribution in [0.5, 0.6) is 11.5 Å². The molecule has 0 amide bonds. The van der Waals surface area contributed by atoms with Crippen LogP contribution in [-0.4, -0.2) is 48.2 Å². The molecule has 0 bridgehead atoms. The van der Waals surface area contributed by atoms with Crippen molar-refractivity contribution >= 4 is 11.6 Å². The SMILES string of the molecule is CC(C)[O-].CC(C)[O-].CC(C)[O-].CC(C)[O-].CC(C)[O-].CC(C)[O-].O=C1c2cccc([O-])c2C(=O)c2c([O-])cccc21.[Ti+4].[Ti+4]. The first-order valence-electron chi connectivity index (χ1n) is 13.6. The predicted molar refractivity (Wildman–Crippen MR) is 149 cm³/mol. The van der Waals surface area contributed by atoms with Gasteiger partial charge in [0.2, 0.25) is 0 Å². The standard InChI is InChI=1S/C14H8O4.6C3H7O.2Ti/c15-9-5-1-3-7-11(9)14(18)12-8(13(7)17)4-2-6-10(12)16;6*1-3(2)4;;/h1-6,15-16H;6*3H,1-2H3;;/q;6*-1;2*+4/p-2. The molecule has 0 unspecified atom stereocenters. The van der Waals surface area contributed by atoms with Gasteiger partial charge in [-0.3, -0.25) is 9.59 Å². The van der Waals surface area contributed by atoms with Crippen molar-refractivity contribution in [3.05, 3.63) is 58.7 Å². The summed E-state index contributed by atoms with van der Waals surface area (Å²) >= 11 is 0. The molecule has 0 atom stereocenters. The maximum absolute atomic E-state index is 12.1. The van der Waals surface area contributed by atoms with E-state index < -0.39 is 59.7 Å². The van der Waals surface area contributed by atoms with Gasteiger partial charge in [-0.2, -0.15) is 0 Å². The van der Waals surface area contributed by atoms with Gasteiger partial charge in [0.25, 0.3) is 0 Å². The monoisotopic (exact) mass is 688 g/mol. The van der Waals surface area contributed by atoms with Crippen molar-refractivity contribution in [3.63, 3.8) is 0 Å². The normalized spacial score (nSPS) is 10.3. The van der Waals surface area contributed by atoms with Crippen molar-refractivity contribution in [1.82, 2.24) is 0 Å². The Labute approximate surface area is 294 Å². The number of ketones is 2. The zero-order valence-electron chi connectivity index (χ0n) is 28.0. The molecule has 1 aliphatic carbocycles. The molecule has 0 aliphatic heterocycles. The second-order valence-corrected chi connectivity index (χ2v) is 10.3. The van der Waals surface area contributed by atoms with Gasteiger partial charge in [0.05, 0.1) is 0 Å². The van der Waals surface area contributed by atoms with E-state index in [-0.39, 0.29) is 65.7 Å². The summed E-state index contributed by atoms with van der Waals surface area (Å²) < 4.78 is 0. The number of hydrogen-bond acceptors (Lipinski definition) is 10. The van der Waals surface area contributed by atoms with Crippen LogP contribution < -0.4 is 40.9 Å². The molecule has 0 aromatic heterocycles. The van der Waals surface area contributed by atoms with Crippen molar-refractivity contribution in [2.45, 2.75) is 120 Å². The van der Waals surface area contributed by atoms with Crippen LogP contribution in [0.25, 0.3) is 0 Å². The van der Waals surface area contributed by atoms with Gasteiger partial charge in [-0.05, 0) is 0 Å². The van der Waals surface area contributed by atoms with Gasteiger partial charge in [-0.25, -0.2) is 0 Å². The molecule has 0 spiro atoms. The van der Waals surface area contributed by atoms with Gasteiger partial charge in [-0.15, -0.1) is 36.6 Å². The molecule has 2 aromatic carbocycles. The van der Waals surface area contributed by atoms with E-state index in [1.54, 1.807) is 83.1 Å². The third kappa shape index (κ3) is 35.1. The fourth-order valence-corrected chi connectivity index (χ4v) is 2.18. The molecule has 3 rings (SSSR count). The van der Waals surface area contributed by atoms with Crippen LogP contribution >= 0.6 is 0 Å². The van der Waals surface area contributed by atoms with E-state index in [4.69, 9.17) is 0 Å². The van der Waals surface area contributed by atoms with Crippen molar-refractivity contribution < 1.29 is 93.9 Å². The Morgan fingerprint density at radius 1 is 0.409 bits per heavy atom. The van der Waals surface area contributed by atoms with Crippen molar-refractivity contribution in [2.75, 3.05) is 0 Å². The summed E-state index contributed by atoms with van der Waals surface area (Å²) in [4.78, 5) is 24.3. The molecule has 12 heteroatoms. The maximum Gasteiger partial charge on any atom is 4.00 e. The topological polar surface area (TPSA) is 219 Å². The van der Waals surface area contributed by atoms with E-state index in [0.29, 0.717) is 0 Å². The first kappa shape index (κ1) is 55.0. The van der Waals surface area contributed by atoms with Gasteiger partial charge >= 0.3 is 43.4 Å². The van der Waals surface area contributed by atoms with Gasteiger partial charge in [0.15, 0.2) is 11.6 Å². The van der Waals surface area contributed by atoms with Crippen molar-refractivity contribution in [3.8, 4) is 11.5 Å². The van der Waals surface area contributed by atoms with Gasteiger partial charge in [-0.1, -0.05) is 131 Å². The number of carbonyl (C=O) groups excluding carboxylic acids is 2. The summed E-state index contributed by atoms with van der Waals surface area (Å²) in [6.07, 6.45) is -2.50. The molecule has 0 saturated heterocycles. The third-order valence-electron chi connectivity index (χ3n) is 3.00. The largest absolute Gasteiger partial charge is 4.00 e. The molecule has 2 aromatic rings. The van der Waals surface area contributed by atoms with E-state index in [9.17, 15) is 50.4 Å². The number of hydrogen-bond donors (Lipinski definition) is 0. The summed E-state index contributed by atoms with van der Waals surface area (Å²) in [6.45, 7) is 19.3. The number of fused-ring (bicyclic) bond motifs is 2. The summed E-state index contributed by atoms with van der Waals surface area (Å²) in [5.74, 6) is -2.16. The second-order valence-electron chi connectivity index (χ2n) is 10.3. The Bertz CT molecular complexity index is 872. The van der Waals surface area contributed by atoms with Crippen LogP contribution in [0.3, 0.4) is 0 Å². The molecule has 1 aliphatic rings. The fourth-order valence-electron chi connectivity index (χ4n) is 2.18. The zero-order chi connectivity index (χ0) is 34.3. The number of benzene rings is 2. The number of rotatable bonds is 0. The fraction of sp³-hybridized carbons (Fsp3) is 0.562. The van der Waals surface area contributed by atoms with Crippen LogP contribution in [0.1, 0.15) is 115 Å². The van der Waals surface area contributed by atoms with Gasteiger partial charge < -0.3 is 40.9 Å². The Balaban J connectivity index is -0.000000116. The Morgan fingerprint density at radius 3 is 0.773 bits per heavy atom. The quantitative estimate of drug-likeness (QED) is 0.266. The molecule has 0 heterocycles. The van der Waals surface area contributed by atoms with Crippen LogP contribution in [0, 0.1) is 0 Å². The Hall–Kier alpha value is -1.43. The maximum atomic E-state index is 12.1. The Kier molecular flexibility index (Phi) is 39.4. The molecular formula is C32H48O10Ti2. The average Bonchev–Trinajstić information content (AvgIpc) is 2.75. The van der Waals surface area contributed by atoms with Crippen LogP contribution in [0.15, 0.2) is 36.4 Å². The van der Waals surface area contributed by atoms with Crippen LogP contribution in [-0.2, 0) is 43.4 Å². The van der Waals surface area contributed by atoms with Crippen molar-refractivity contribution in [1.29, 1.82) is 0 Å². The van der Waals surface area contributed by atoms with Gasteiger partial charge in [0, 0.05) is 22.3 Å². The Morgan fingerprint density at radius 2 is 0.591 bits per heavy atom. The predicted octanol–water partition coefficient (Wildman–Crippen LogP) is -0.865. The molecule has 0 fully saturated rings. The summed E-state index contributed by atoms with van der Waals surface area (Å²) in [7, 11) is 0. The minimum absolute atomic E-state index is 0. The summed E-state index contributed by atoms with van der Waals surface area (Å²) in [5.41, 5.74) is -0.243. The van der Waals surface area contributed by atoms with Crippen molar-refractivity contribution in [2.24, 2.45) is 0 Å². The van der Waals surface area contributed by atoms with E-state index in [0.717, 1.165) is 0 Å². The molecule has 10 nitrogen and oxygen atoms in total. The minimum atomic E-state index is -0.657. The second kappa shape index (κ2) is 31.5. The minimum Gasteiger partial charge on any atom is -0.872 e. The first-order valence-corrected chi connectivity index (χ1v) is 13.6. The molecule has 244 valence electrons. The van der Waals surface area contributed by atoms with Crippen LogP contribution in [0.4, 0.5) is 0 Å². The smallest absolute Gasteiger partial charge is 0.872 e. The molecule has 44 heavy (non-hydrogen) atoms. The van der Waals surface area contributed by atoms with E-state index in [1.807, 2.05) is 0 Å². The molecule has 0 radical (unpaired) electrons. The van der Waals surface area contributed by atoms with Crippen LogP contribution in [0.2, 0.25) is 0 Å². The van der Waals surface area contributed by atoms with E-state index in [2.05, 4.69) is 0 Å². The molecule has 0 N–H and O–H groups in total. The van der Waals surface area contributed by atoms with E-state index >= 15 is 0 Å². The third-order valence-corrected chi connectivity index (χ3v) is 3.00. The summed E-state index contributed by atoms with van der Waals surface area (Å²) in [6, 6.07) is 8.14. The van der Waals surface area contributed by atoms with Gasteiger partial charge in [0.1, 0.15) is 0 Å². The first-order chi connectivity index (χ1) is 19.0.